The molecule has 1 aromatic rings. The number of ether oxygens (including phenoxy) is 1. The molecule has 1 aliphatic carbocycles. The molecule has 0 saturated heterocycles. The van der Waals surface area contributed by atoms with Crippen LogP contribution in [0.1, 0.15) is 43.7 Å². The maximum atomic E-state index is 9.90. The molecule has 19 heavy (non-hydrogen) atoms. The second kappa shape index (κ2) is 6.40. The molecular formula is C16H25NO2. The van der Waals surface area contributed by atoms with Crippen molar-refractivity contribution in [3.63, 3.8) is 0 Å². The highest BCUT2D eigenvalue weighted by molar-refractivity contribution is 5.39. The van der Waals surface area contributed by atoms with Gasteiger partial charge >= 0.3 is 0 Å². The molecule has 1 fully saturated rings. The van der Waals surface area contributed by atoms with Crippen molar-refractivity contribution in [1.29, 1.82) is 0 Å². The highest BCUT2D eigenvalue weighted by atomic mass is 16.5. The molecule has 2 N–H and O–H groups in total. The van der Waals surface area contributed by atoms with Crippen LogP contribution in [-0.4, -0.2) is 30.4 Å². The monoisotopic (exact) mass is 263 g/mol. The van der Waals surface area contributed by atoms with Gasteiger partial charge in [0.25, 0.3) is 0 Å². The summed E-state index contributed by atoms with van der Waals surface area (Å²) in [4.78, 5) is 0. The van der Waals surface area contributed by atoms with Crippen molar-refractivity contribution in [3.8, 4) is 5.75 Å². The van der Waals surface area contributed by atoms with Gasteiger partial charge < -0.3 is 15.2 Å². The zero-order valence-electron chi connectivity index (χ0n) is 12.1. The summed E-state index contributed by atoms with van der Waals surface area (Å²) in [5.74, 6) is 1.33. The topological polar surface area (TPSA) is 41.5 Å². The van der Waals surface area contributed by atoms with E-state index in [1.54, 1.807) is 0 Å². The lowest BCUT2D eigenvalue weighted by molar-refractivity contribution is 0.105. The largest absolute Gasteiger partial charge is 0.491 e. The van der Waals surface area contributed by atoms with Crippen LogP contribution < -0.4 is 10.1 Å². The number of rotatable bonds is 7. The van der Waals surface area contributed by atoms with Gasteiger partial charge in [0.2, 0.25) is 0 Å². The molecular weight excluding hydrogens is 238 g/mol. The third-order valence-corrected chi connectivity index (χ3v) is 3.44. The van der Waals surface area contributed by atoms with Crippen molar-refractivity contribution >= 4 is 0 Å². The summed E-state index contributed by atoms with van der Waals surface area (Å²) in [6.07, 6.45) is 2.03. The van der Waals surface area contributed by atoms with E-state index in [0.29, 0.717) is 25.1 Å². The summed E-state index contributed by atoms with van der Waals surface area (Å²) >= 11 is 0. The highest BCUT2D eigenvalue weighted by Gasteiger charge is 2.21. The first-order chi connectivity index (χ1) is 9.06. The Balaban J connectivity index is 1.87. The molecule has 1 atom stereocenters. The highest BCUT2D eigenvalue weighted by Crippen LogP contribution is 2.27. The fourth-order valence-corrected chi connectivity index (χ4v) is 2.08. The third kappa shape index (κ3) is 4.51. The molecule has 0 aromatic heterocycles. The van der Waals surface area contributed by atoms with Crippen molar-refractivity contribution in [3.05, 3.63) is 29.3 Å². The summed E-state index contributed by atoms with van der Waals surface area (Å²) in [5, 5.41) is 13.2. The number of nitrogens with one attached hydrogen (secondary N) is 1. The zero-order valence-corrected chi connectivity index (χ0v) is 12.1. The van der Waals surface area contributed by atoms with Crippen molar-refractivity contribution in [2.24, 2.45) is 0 Å². The van der Waals surface area contributed by atoms with Crippen molar-refractivity contribution in [1.82, 2.24) is 5.32 Å². The number of benzene rings is 1. The van der Waals surface area contributed by atoms with Crippen molar-refractivity contribution in [2.75, 3.05) is 13.2 Å². The van der Waals surface area contributed by atoms with Crippen molar-refractivity contribution in [2.45, 2.75) is 51.7 Å². The van der Waals surface area contributed by atoms with Gasteiger partial charge in [-0.3, -0.25) is 0 Å². The maximum absolute atomic E-state index is 9.90. The second-order valence-electron chi connectivity index (χ2n) is 5.84. The fraction of sp³-hybridized carbons (Fsp3) is 0.625. The first-order valence-corrected chi connectivity index (χ1v) is 7.21. The van der Waals surface area contributed by atoms with Gasteiger partial charge in [-0.25, -0.2) is 0 Å². The standard InChI is InChI=1S/C16H25NO2/c1-11(2)15-7-4-12(3)8-16(15)19-10-14(18)9-17-13-5-6-13/h4,7-8,11,13-14,17-18H,5-6,9-10H2,1-3H3. The molecule has 1 aromatic carbocycles. The Morgan fingerprint density at radius 2 is 2.11 bits per heavy atom. The molecule has 0 amide bonds. The van der Waals surface area contributed by atoms with Gasteiger partial charge in [0.05, 0.1) is 0 Å². The molecule has 3 heteroatoms. The van der Waals surface area contributed by atoms with Crippen LogP contribution in [0, 0.1) is 6.92 Å². The number of aryl methyl sites for hydroxylation is 1. The molecule has 1 aliphatic rings. The molecule has 0 aliphatic heterocycles. The van der Waals surface area contributed by atoms with Gasteiger partial charge in [-0.2, -0.15) is 0 Å². The van der Waals surface area contributed by atoms with E-state index < -0.39 is 6.10 Å². The van der Waals surface area contributed by atoms with E-state index in [1.807, 2.05) is 0 Å². The summed E-state index contributed by atoms with van der Waals surface area (Å²) in [6, 6.07) is 6.90. The van der Waals surface area contributed by atoms with Crippen LogP contribution >= 0.6 is 0 Å². The molecule has 2 rings (SSSR count). The molecule has 0 radical (unpaired) electrons. The van der Waals surface area contributed by atoms with Gasteiger partial charge in [-0.15, -0.1) is 0 Å². The number of aliphatic hydroxyl groups is 1. The van der Waals surface area contributed by atoms with E-state index in [2.05, 4.69) is 44.3 Å². The summed E-state index contributed by atoms with van der Waals surface area (Å²) in [7, 11) is 0. The van der Waals surface area contributed by atoms with E-state index >= 15 is 0 Å². The third-order valence-electron chi connectivity index (χ3n) is 3.44. The maximum Gasteiger partial charge on any atom is 0.123 e. The van der Waals surface area contributed by atoms with Crippen LogP contribution in [-0.2, 0) is 0 Å². The van der Waals surface area contributed by atoms with Crippen LogP contribution in [0.25, 0.3) is 0 Å². The Hall–Kier alpha value is -1.06. The van der Waals surface area contributed by atoms with Gasteiger partial charge in [0.15, 0.2) is 0 Å². The molecule has 106 valence electrons. The predicted molar refractivity (Wildman–Crippen MR) is 77.8 cm³/mol. The molecule has 1 unspecified atom stereocenters. The van der Waals surface area contributed by atoms with Gasteiger partial charge in [0.1, 0.15) is 18.5 Å². The van der Waals surface area contributed by atoms with Crippen LogP contribution in [0.5, 0.6) is 5.75 Å². The molecule has 1 saturated carbocycles. The van der Waals surface area contributed by atoms with E-state index in [-0.39, 0.29) is 0 Å². The van der Waals surface area contributed by atoms with Crippen LogP contribution in [0.15, 0.2) is 18.2 Å². The van der Waals surface area contributed by atoms with Gasteiger partial charge in [-0.05, 0) is 42.9 Å². The molecule has 0 spiro atoms. The van der Waals surface area contributed by atoms with E-state index in [4.69, 9.17) is 4.74 Å². The zero-order chi connectivity index (χ0) is 13.8. The first-order valence-electron chi connectivity index (χ1n) is 7.21. The molecule has 0 heterocycles. The lowest BCUT2D eigenvalue weighted by Gasteiger charge is -2.17. The molecule has 3 nitrogen and oxygen atoms in total. The first kappa shape index (κ1) is 14.4. The number of hydrogen-bond donors (Lipinski definition) is 2. The van der Waals surface area contributed by atoms with E-state index in [0.717, 1.165) is 5.75 Å². The smallest absolute Gasteiger partial charge is 0.123 e. The van der Waals surface area contributed by atoms with E-state index in [9.17, 15) is 5.11 Å². The Morgan fingerprint density at radius 1 is 1.37 bits per heavy atom. The lowest BCUT2D eigenvalue weighted by Crippen LogP contribution is -2.32. The van der Waals surface area contributed by atoms with Crippen LogP contribution in [0.4, 0.5) is 0 Å². The minimum atomic E-state index is -0.443. The average Bonchev–Trinajstić information content (AvgIpc) is 3.17. The van der Waals surface area contributed by atoms with Crippen molar-refractivity contribution < 1.29 is 9.84 Å². The van der Waals surface area contributed by atoms with E-state index in [1.165, 1.54) is 24.0 Å². The normalized spacial score (nSPS) is 16.7. The lowest BCUT2D eigenvalue weighted by atomic mass is 10.0. The minimum Gasteiger partial charge on any atom is -0.491 e. The van der Waals surface area contributed by atoms with Crippen LogP contribution in [0.2, 0.25) is 0 Å². The van der Waals surface area contributed by atoms with Gasteiger partial charge in [0, 0.05) is 12.6 Å². The Kier molecular flexibility index (Phi) is 4.83. The average molecular weight is 263 g/mol. The number of hydrogen-bond acceptors (Lipinski definition) is 3. The SMILES string of the molecule is Cc1ccc(C(C)C)c(OCC(O)CNC2CC2)c1. The summed E-state index contributed by atoms with van der Waals surface area (Å²) in [5.41, 5.74) is 2.39. The Bertz CT molecular complexity index is 413. The Morgan fingerprint density at radius 3 is 2.74 bits per heavy atom. The Labute approximate surface area is 116 Å². The summed E-state index contributed by atoms with van der Waals surface area (Å²) < 4.78 is 5.80. The fourth-order valence-electron chi connectivity index (χ4n) is 2.08. The predicted octanol–water partition coefficient (Wildman–Crippen LogP) is 2.61. The number of aliphatic hydroxyl groups excluding tert-OH is 1. The van der Waals surface area contributed by atoms with Crippen LogP contribution in [0.3, 0.4) is 0 Å². The van der Waals surface area contributed by atoms with Gasteiger partial charge in [-0.1, -0.05) is 26.0 Å². The minimum absolute atomic E-state index is 0.350. The second-order valence-corrected chi connectivity index (χ2v) is 5.84. The summed E-state index contributed by atoms with van der Waals surface area (Å²) in [6.45, 7) is 7.34. The quantitative estimate of drug-likeness (QED) is 0.794. The molecule has 0 bridgehead atoms.